The Balaban J connectivity index is 4.17. The van der Waals surface area contributed by atoms with Crippen molar-refractivity contribution in [2.75, 3.05) is 13.2 Å². The molecule has 1 atom stereocenters. The molecule has 428 valence electrons. The maximum Gasteiger partial charge on any atom is 0.306 e. The summed E-state index contributed by atoms with van der Waals surface area (Å²) < 4.78 is 16.7. The number of carbonyl (C=O) groups excluding carboxylic acids is 3. The van der Waals surface area contributed by atoms with Crippen molar-refractivity contribution >= 4 is 17.9 Å². The van der Waals surface area contributed by atoms with Gasteiger partial charge in [-0.15, -0.1) is 0 Å². The number of esters is 3. The number of unbranched alkanes of at least 4 members (excludes halogenated alkanes) is 19. The smallest absolute Gasteiger partial charge is 0.306 e. The number of ether oxygens (including phenoxy) is 3. The molecule has 1 unspecified atom stereocenters. The zero-order chi connectivity index (χ0) is 55.0. The number of allylic oxidation sites excluding steroid dienone is 24. The largest absolute Gasteiger partial charge is 0.462 e. The van der Waals surface area contributed by atoms with E-state index in [2.05, 4.69) is 167 Å². The lowest BCUT2D eigenvalue weighted by atomic mass is 10.0. The summed E-state index contributed by atoms with van der Waals surface area (Å²) in [6, 6.07) is 0. The first-order valence-electron chi connectivity index (χ1n) is 30.8. The van der Waals surface area contributed by atoms with Crippen LogP contribution in [0.25, 0.3) is 0 Å². The molecule has 0 aliphatic rings. The molecule has 0 rings (SSSR count). The summed E-state index contributed by atoms with van der Waals surface area (Å²) in [4.78, 5) is 38.0. The minimum Gasteiger partial charge on any atom is -0.462 e. The third kappa shape index (κ3) is 60.2. The van der Waals surface area contributed by atoms with Crippen LogP contribution in [0.3, 0.4) is 0 Å². The molecule has 0 saturated heterocycles. The van der Waals surface area contributed by atoms with E-state index >= 15 is 0 Å². The van der Waals surface area contributed by atoms with Gasteiger partial charge in [-0.25, -0.2) is 0 Å². The van der Waals surface area contributed by atoms with Crippen LogP contribution in [0.15, 0.2) is 146 Å². The van der Waals surface area contributed by atoms with Gasteiger partial charge in [-0.2, -0.15) is 0 Å². The fourth-order valence-corrected chi connectivity index (χ4v) is 8.04. The molecule has 0 aliphatic heterocycles. The van der Waals surface area contributed by atoms with Gasteiger partial charge in [0.15, 0.2) is 6.10 Å². The van der Waals surface area contributed by atoms with Crippen LogP contribution in [0.5, 0.6) is 0 Å². The van der Waals surface area contributed by atoms with Gasteiger partial charge in [-0.3, -0.25) is 14.4 Å². The molecule has 0 bridgehead atoms. The van der Waals surface area contributed by atoms with Crippen LogP contribution < -0.4 is 0 Å². The Morgan fingerprint density at radius 3 is 0.829 bits per heavy atom. The molecule has 0 spiro atoms. The highest BCUT2D eigenvalue weighted by Gasteiger charge is 2.19. The fraction of sp³-hybridized carbons (Fsp3) is 0.614. The zero-order valence-electron chi connectivity index (χ0n) is 49.0. The monoisotopic (exact) mass is 1050 g/mol. The van der Waals surface area contributed by atoms with Crippen molar-refractivity contribution < 1.29 is 28.6 Å². The van der Waals surface area contributed by atoms with Crippen molar-refractivity contribution in [2.24, 2.45) is 0 Å². The summed E-state index contributed by atoms with van der Waals surface area (Å²) in [5.41, 5.74) is 0. The van der Waals surface area contributed by atoms with Crippen LogP contribution >= 0.6 is 0 Å². The topological polar surface area (TPSA) is 78.9 Å². The Morgan fingerprint density at radius 1 is 0.276 bits per heavy atom. The van der Waals surface area contributed by atoms with E-state index in [1.54, 1.807) is 0 Å². The zero-order valence-corrected chi connectivity index (χ0v) is 49.0. The molecule has 0 radical (unpaired) electrons. The van der Waals surface area contributed by atoms with Crippen molar-refractivity contribution in [3.05, 3.63) is 146 Å². The maximum atomic E-state index is 12.8. The van der Waals surface area contributed by atoms with E-state index in [9.17, 15) is 14.4 Å². The standard InChI is InChI=1S/C70H112O6/c1-4-7-10-13-16-18-20-22-24-26-28-30-31-32-33-34-35-36-37-38-39-41-42-44-46-48-50-52-54-57-60-63-69(72)75-66-67(65-74-68(71)62-59-56-15-12-9-6-3)76-70(73)64-61-58-55-53-51-49-47-45-43-40-29-27-25-23-21-19-17-14-11-8-5-2/h7-8,10-11,16-19,22-25,28-30,32-33,35-36,40,45,47,51,53,67H,4-6,9,12-15,20-21,26-27,31,34,37-39,41-44,46,48-50,52,54-66H2,1-3H3/b10-7-,11-8-,18-16-,19-17-,24-22-,25-23-,30-28-,33-32-,36-35-,40-29-,47-45-,53-51-. The van der Waals surface area contributed by atoms with Gasteiger partial charge in [0.1, 0.15) is 13.2 Å². The summed E-state index contributed by atoms with van der Waals surface area (Å²) in [5, 5.41) is 0. The van der Waals surface area contributed by atoms with Gasteiger partial charge in [0, 0.05) is 19.3 Å². The Hall–Kier alpha value is -4.71. The van der Waals surface area contributed by atoms with E-state index in [1.807, 2.05) is 0 Å². The number of rotatable bonds is 54. The summed E-state index contributed by atoms with van der Waals surface area (Å²) in [6.07, 6.45) is 90.3. The van der Waals surface area contributed by atoms with Gasteiger partial charge >= 0.3 is 17.9 Å². The van der Waals surface area contributed by atoms with Crippen molar-refractivity contribution in [1.82, 2.24) is 0 Å². The second-order valence-corrected chi connectivity index (χ2v) is 19.9. The molecule has 6 nitrogen and oxygen atoms in total. The SMILES string of the molecule is CC/C=C\C/C=C\C/C=C\C/C=C\C/C=C\C/C=C\CCCCCCCCCCCCCCC(=O)OCC(COC(=O)CCCCCCCC)OC(=O)CCCC/C=C\C/C=C\C/C=C\C/C=C\C/C=C\C/C=C\CC. The van der Waals surface area contributed by atoms with Crippen LogP contribution in [-0.4, -0.2) is 37.2 Å². The second-order valence-electron chi connectivity index (χ2n) is 19.9. The lowest BCUT2D eigenvalue weighted by Crippen LogP contribution is -2.30. The Bertz CT molecular complexity index is 1680. The third-order valence-corrected chi connectivity index (χ3v) is 12.6. The average Bonchev–Trinajstić information content (AvgIpc) is 3.42. The molecule has 0 amide bonds. The molecule has 0 N–H and O–H groups in total. The Kier molecular flexibility index (Phi) is 58.9. The van der Waals surface area contributed by atoms with Gasteiger partial charge in [0.05, 0.1) is 0 Å². The van der Waals surface area contributed by atoms with Crippen LogP contribution in [0, 0.1) is 0 Å². The van der Waals surface area contributed by atoms with Crippen LogP contribution in [-0.2, 0) is 28.6 Å². The van der Waals surface area contributed by atoms with Gasteiger partial charge in [-0.1, -0.05) is 263 Å². The van der Waals surface area contributed by atoms with E-state index < -0.39 is 6.10 Å². The highest BCUT2D eigenvalue weighted by Crippen LogP contribution is 2.15. The quantitative estimate of drug-likeness (QED) is 0.0261. The lowest BCUT2D eigenvalue weighted by molar-refractivity contribution is -0.167. The maximum absolute atomic E-state index is 12.8. The molecular weight excluding hydrogens is 937 g/mol. The minimum absolute atomic E-state index is 0.0999. The molecule has 0 fully saturated rings. The minimum atomic E-state index is -0.804. The summed E-state index contributed by atoms with van der Waals surface area (Å²) >= 11 is 0. The first-order valence-corrected chi connectivity index (χ1v) is 30.8. The third-order valence-electron chi connectivity index (χ3n) is 12.6. The first kappa shape index (κ1) is 71.3. The van der Waals surface area contributed by atoms with Crippen molar-refractivity contribution in [1.29, 1.82) is 0 Å². The molecule has 0 heterocycles. The molecule has 0 saturated carbocycles. The van der Waals surface area contributed by atoms with E-state index in [4.69, 9.17) is 14.2 Å². The molecule has 0 aromatic rings. The molecule has 0 aromatic heterocycles. The number of carbonyl (C=O) groups is 3. The molecular formula is C70H112O6. The molecule has 0 aliphatic carbocycles. The van der Waals surface area contributed by atoms with Crippen LogP contribution in [0.4, 0.5) is 0 Å². The van der Waals surface area contributed by atoms with Crippen LogP contribution in [0.2, 0.25) is 0 Å². The molecule has 6 heteroatoms. The number of hydrogen-bond donors (Lipinski definition) is 0. The summed E-state index contributed by atoms with van der Waals surface area (Å²) in [6.45, 7) is 6.31. The average molecular weight is 1050 g/mol. The summed E-state index contributed by atoms with van der Waals surface area (Å²) in [5.74, 6) is -0.959. The van der Waals surface area contributed by atoms with Gasteiger partial charge in [-0.05, 0) is 122 Å². The predicted octanol–water partition coefficient (Wildman–Crippen LogP) is 21.2. The van der Waals surface area contributed by atoms with Gasteiger partial charge < -0.3 is 14.2 Å². The highest BCUT2D eigenvalue weighted by atomic mass is 16.6. The first-order chi connectivity index (χ1) is 37.5. The van der Waals surface area contributed by atoms with Gasteiger partial charge in [0.25, 0.3) is 0 Å². The van der Waals surface area contributed by atoms with E-state index in [0.29, 0.717) is 19.3 Å². The normalized spacial score (nSPS) is 13.1. The van der Waals surface area contributed by atoms with Crippen molar-refractivity contribution in [3.8, 4) is 0 Å². The highest BCUT2D eigenvalue weighted by molar-refractivity contribution is 5.71. The second kappa shape index (κ2) is 62.8. The van der Waals surface area contributed by atoms with Crippen molar-refractivity contribution in [3.63, 3.8) is 0 Å². The fourth-order valence-electron chi connectivity index (χ4n) is 8.04. The Morgan fingerprint density at radius 2 is 0.513 bits per heavy atom. The predicted molar refractivity (Wildman–Crippen MR) is 329 cm³/mol. The van der Waals surface area contributed by atoms with Crippen molar-refractivity contribution in [2.45, 2.75) is 264 Å². The van der Waals surface area contributed by atoms with E-state index in [0.717, 1.165) is 128 Å². The van der Waals surface area contributed by atoms with Gasteiger partial charge in [0.2, 0.25) is 0 Å². The Labute approximate surface area is 467 Å². The van der Waals surface area contributed by atoms with Crippen LogP contribution in [0.1, 0.15) is 258 Å². The number of hydrogen-bond acceptors (Lipinski definition) is 6. The van der Waals surface area contributed by atoms with E-state index in [1.165, 1.54) is 83.5 Å². The molecule has 76 heavy (non-hydrogen) atoms. The molecule has 0 aromatic carbocycles. The summed E-state index contributed by atoms with van der Waals surface area (Å²) in [7, 11) is 0. The van der Waals surface area contributed by atoms with E-state index in [-0.39, 0.29) is 37.5 Å². The lowest BCUT2D eigenvalue weighted by Gasteiger charge is -2.18.